The van der Waals surface area contributed by atoms with Crippen molar-refractivity contribution in [3.05, 3.63) is 101 Å². The van der Waals surface area contributed by atoms with E-state index in [-0.39, 0.29) is 11.5 Å². The molecule has 0 aliphatic heterocycles. The van der Waals surface area contributed by atoms with Crippen molar-refractivity contribution in [1.82, 2.24) is 14.9 Å². The zero-order valence-electron chi connectivity index (χ0n) is 22.2. The fraction of sp³-hybridized carbons (Fsp3) is 0.323. The number of rotatable bonds is 13. The predicted octanol–water partition coefficient (Wildman–Crippen LogP) is 5.15. The zero-order chi connectivity index (χ0) is 26.7. The molecule has 0 saturated heterocycles. The van der Waals surface area contributed by atoms with Gasteiger partial charge in [-0.05, 0) is 72.7 Å². The molecule has 0 aliphatic rings. The van der Waals surface area contributed by atoms with E-state index < -0.39 is 0 Å². The van der Waals surface area contributed by atoms with Crippen LogP contribution in [0.2, 0.25) is 0 Å². The molecule has 0 saturated carbocycles. The van der Waals surface area contributed by atoms with Crippen LogP contribution in [0.3, 0.4) is 0 Å². The summed E-state index contributed by atoms with van der Waals surface area (Å²) >= 11 is 0. The molecule has 7 nitrogen and oxygen atoms in total. The van der Waals surface area contributed by atoms with Gasteiger partial charge in [0.05, 0.1) is 6.61 Å². The van der Waals surface area contributed by atoms with Gasteiger partial charge in [0.1, 0.15) is 5.75 Å². The van der Waals surface area contributed by atoms with Crippen molar-refractivity contribution in [1.29, 1.82) is 0 Å². The number of ether oxygens (including phenoxy) is 1. The van der Waals surface area contributed by atoms with Crippen LogP contribution in [0.5, 0.6) is 5.75 Å². The number of nitrogens with one attached hydrogen (secondary N) is 1. The molecule has 4 aromatic rings. The highest BCUT2D eigenvalue weighted by Crippen LogP contribution is 2.16. The molecule has 2 aromatic heterocycles. The number of benzene rings is 2. The third-order valence-electron chi connectivity index (χ3n) is 6.37. The maximum atomic E-state index is 12.8. The van der Waals surface area contributed by atoms with Crippen LogP contribution in [0.25, 0.3) is 10.8 Å². The molecule has 0 fully saturated rings. The number of hydrogen-bond acceptors (Lipinski definition) is 5. The van der Waals surface area contributed by atoms with Crippen LogP contribution in [0.4, 0.5) is 5.69 Å². The van der Waals surface area contributed by atoms with Crippen molar-refractivity contribution in [2.45, 2.75) is 33.2 Å². The summed E-state index contributed by atoms with van der Waals surface area (Å²) < 4.78 is 7.73. The van der Waals surface area contributed by atoms with Gasteiger partial charge < -0.3 is 19.5 Å². The Balaban J connectivity index is 1.28. The van der Waals surface area contributed by atoms with Gasteiger partial charge in [-0.3, -0.25) is 14.6 Å². The van der Waals surface area contributed by atoms with Crippen molar-refractivity contribution < 1.29 is 9.53 Å². The molecule has 0 unspecified atom stereocenters. The first-order chi connectivity index (χ1) is 18.5. The standard InChI is InChI=1S/C31H36N4O3/c1-24(2)23-33-30(36)26-9-11-28(12-10-26)38-22-6-20-34(27-13-16-32-17-14-27)18-5-19-35-21-15-25-7-3-4-8-29(25)31(35)37/h3-4,7-17,21,24H,5-6,18-20,22-23H2,1-2H3,(H,33,36). The van der Waals surface area contributed by atoms with E-state index in [1.54, 1.807) is 29.1 Å². The van der Waals surface area contributed by atoms with Gasteiger partial charge in [0.2, 0.25) is 0 Å². The maximum absolute atomic E-state index is 12.8. The van der Waals surface area contributed by atoms with Crippen molar-refractivity contribution in [3.8, 4) is 5.75 Å². The molecule has 2 heterocycles. The number of anilines is 1. The van der Waals surface area contributed by atoms with E-state index in [2.05, 4.69) is 29.0 Å². The number of carbonyl (C=O) groups excluding carboxylic acids is 1. The van der Waals surface area contributed by atoms with E-state index in [1.807, 2.05) is 60.8 Å². The third-order valence-corrected chi connectivity index (χ3v) is 6.37. The number of pyridine rings is 2. The average Bonchev–Trinajstić information content (AvgIpc) is 2.95. The molecule has 4 rings (SSSR count). The summed E-state index contributed by atoms with van der Waals surface area (Å²) in [6.45, 7) is 7.63. The Kier molecular flexibility index (Phi) is 9.51. The van der Waals surface area contributed by atoms with Gasteiger partial charge in [-0.2, -0.15) is 0 Å². The number of aromatic nitrogens is 2. The fourth-order valence-corrected chi connectivity index (χ4v) is 4.31. The summed E-state index contributed by atoms with van der Waals surface area (Å²) in [5.41, 5.74) is 1.78. The van der Waals surface area contributed by atoms with Crippen molar-refractivity contribution >= 4 is 22.4 Å². The molecule has 0 atom stereocenters. The summed E-state index contributed by atoms with van der Waals surface area (Å²) in [5.74, 6) is 1.09. The minimum atomic E-state index is -0.0656. The Morgan fingerprint density at radius 2 is 1.71 bits per heavy atom. The maximum Gasteiger partial charge on any atom is 0.258 e. The van der Waals surface area contributed by atoms with Gasteiger partial charge in [0.15, 0.2) is 0 Å². The van der Waals surface area contributed by atoms with E-state index in [9.17, 15) is 9.59 Å². The summed E-state index contributed by atoms with van der Waals surface area (Å²) in [6.07, 6.45) is 7.14. The predicted molar refractivity (Wildman–Crippen MR) is 153 cm³/mol. The molecule has 0 bridgehead atoms. The molecule has 0 spiro atoms. The molecular formula is C31H36N4O3. The molecule has 198 valence electrons. The second-order valence-electron chi connectivity index (χ2n) is 9.78. The lowest BCUT2D eigenvalue weighted by molar-refractivity contribution is 0.0949. The Morgan fingerprint density at radius 3 is 2.47 bits per heavy atom. The molecule has 1 amide bonds. The smallest absolute Gasteiger partial charge is 0.258 e. The summed E-state index contributed by atoms with van der Waals surface area (Å²) in [6, 6.07) is 21.0. The van der Waals surface area contributed by atoms with Crippen LogP contribution in [-0.4, -0.2) is 41.7 Å². The Hall–Kier alpha value is -4.13. The van der Waals surface area contributed by atoms with E-state index in [4.69, 9.17) is 4.74 Å². The van der Waals surface area contributed by atoms with Crippen LogP contribution in [0.1, 0.15) is 37.0 Å². The van der Waals surface area contributed by atoms with Crippen LogP contribution in [-0.2, 0) is 6.54 Å². The number of nitrogens with zero attached hydrogens (tertiary/aromatic N) is 3. The minimum absolute atomic E-state index is 0.0513. The summed E-state index contributed by atoms with van der Waals surface area (Å²) in [4.78, 5) is 31.5. The van der Waals surface area contributed by atoms with E-state index in [0.717, 1.165) is 48.1 Å². The normalized spacial score (nSPS) is 11.0. The van der Waals surface area contributed by atoms with Crippen LogP contribution < -0.4 is 20.5 Å². The zero-order valence-corrected chi connectivity index (χ0v) is 22.2. The number of aryl methyl sites for hydroxylation is 1. The SMILES string of the molecule is CC(C)CNC(=O)c1ccc(OCCCN(CCCn2ccc3ccccc3c2=O)c2ccncc2)cc1. The number of amides is 1. The van der Waals surface area contributed by atoms with E-state index in [0.29, 0.717) is 31.2 Å². The fourth-order valence-electron chi connectivity index (χ4n) is 4.31. The number of fused-ring (bicyclic) bond motifs is 1. The van der Waals surface area contributed by atoms with Crippen LogP contribution >= 0.6 is 0 Å². The third kappa shape index (κ3) is 7.44. The minimum Gasteiger partial charge on any atom is -0.494 e. The van der Waals surface area contributed by atoms with E-state index >= 15 is 0 Å². The molecule has 38 heavy (non-hydrogen) atoms. The van der Waals surface area contributed by atoms with Gasteiger partial charge in [-0.1, -0.05) is 32.0 Å². The first-order valence-electron chi connectivity index (χ1n) is 13.3. The first-order valence-corrected chi connectivity index (χ1v) is 13.3. The van der Waals surface area contributed by atoms with Gasteiger partial charge >= 0.3 is 0 Å². The molecular weight excluding hydrogens is 476 g/mol. The molecule has 0 radical (unpaired) electrons. The lowest BCUT2D eigenvalue weighted by atomic mass is 10.2. The van der Waals surface area contributed by atoms with Crippen molar-refractivity contribution in [3.63, 3.8) is 0 Å². The second-order valence-corrected chi connectivity index (χ2v) is 9.78. The van der Waals surface area contributed by atoms with Crippen molar-refractivity contribution in [2.75, 3.05) is 31.1 Å². The lowest BCUT2D eigenvalue weighted by Crippen LogP contribution is -2.29. The highest BCUT2D eigenvalue weighted by molar-refractivity contribution is 5.94. The Labute approximate surface area is 224 Å². The van der Waals surface area contributed by atoms with Gasteiger partial charge in [0.25, 0.3) is 11.5 Å². The topological polar surface area (TPSA) is 76.5 Å². The molecule has 7 heteroatoms. The van der Waals surface area contributed by atoms with Gasteiger partial charge in [-0.25, -0.2) is 0 Å². The molecule has 0 aliphatic carbocycles. The number of hydrogen-bond donors (Lipinski definition) is 1. The van der Waals surface area contributed by atoms with Crippen LogP contribution in [0.15, 0.2) is 90.1 Å². The van der Waals surface area contributed by atoms with Crippen molar-refractivity contribution in [2.24, 2.45) is 5.92 Å². The Morgan fingerprint density at radius 1 is 0.974 bits per heavy atom. The highest BCUT2D eigenvalue weighted by Gasteiger charge is 2.09. The number of carbonyl (C=O) groups is 1. The quantitative estimate of drug-likeness (QED) is 0.251. The average molecular weight is 513 g/mol. The monoisotopic (exact) mass is 512 g/mol. The van der Waals surface area contributed by atoms with Gasteiger partial charge in [0, 0.05) is 61.4 Å². The van der Waals surface area contributed by atoms with Crippen LogP contribution in [0, 0.1) is 5.92 Å². The molecule has 2 aromatic carbocycles. The first kappa shape index (κ1) is 26.9. The van der Waals surface area contributed by atoms with Gasteiger partial charge in [-0.15, -0.1) is 0 Å². The summed E-state index contributed by atoms with van der Waals surface area (Å²) in [5, 5.41) is 4.65. The second kappa shape index (κ2) is 13.4. The highest BCUT2D eigenvalue weighted by atomic mass is 16.5. The summed E-state index contributed by atoms with van der Waals surface area (Å²) in [7, 11) is 0. The lowest BCUT2D eigenvalue weighted by Gasteiger charge is -2.25. The Bertz CT molecular complexity index is 1370. The largest absolute Gasteiger partial charge is 0.494 e. The van der Waals surface area contributed by atoms with E-state index in [1.165, 1.54) is 0 Å². The molecule has 1 N–H and O–H groups in total.